The smallest absolute Gasteiger partial charge is 0.269 e. The summed E-state index contributed by atoms with van der Waals surface area (Å²) in [6.45, 7) is 2.30. The summed E-state index contributed by atoms with van der Waals surface area (Å²) in [5, 5.41) is 10.6. The fraction of sp³-hybridized carbons (Fsp3) is 0.500. The molecular formula is C16H21N3O6S. The van der Waals surface area contributed by atoms with E-state index in [0.29, 0.717) is 37.8 Å². The van der Waals surface area contributed by atoms with Crippen molar-refractivity contribution in [2.45, 2.75) is 44.4 Å². The molecule has 1 heterocycles. The Labute approximate surface area is 151 Å². The van der Waals surface area contributed by atoms with Crippen LogP contribution in [0.1, 0.15) is 38.2 Å². The van der Waals surface area contributed by atoms with Gasteiger partial charge in [-0.15, -0.1) is 0 Å². The first kappa shape index (κ1) is 19.8. The number of carbonyl (C=O) groups excluding carboxylic acids is 2. The third-order valence-electron chi connectivity index (χ3n) is 4.10. The van der Waals surface area contributed by atoms with E-state index in [1.807, 2.05) is 11.6 Å². The van der Waals surface area contributed by atoms with Gasteiger partial charge in [-0.2, -0.15) is 0 Å². The molecule has 2 amide bonds. The molecule has 1 aromatic rings. The van der Waals surface area contributed by atoms with Gasteiger partial charge < -0.3 is 4.90 Å². The Kier molecular flexibility index (Phi) is 6.30. The van der Waals surface area contributed by atoms with Crippen molar-refractivity contribution >= 4 is 27.5 Å². The molecule has 0 aliphatic carbocycles. The fourth-order valence-corrected chi connectivity index (χ4v) is 4.03. The summed E-state index contributed by atoms with van der Waals surface area (Å²) in [7, 11) is -3.97. The first-order chi connectivity index (χ1) is 12.2. The number of likely N-dealkylation sites (tertiary alicyclic amines) is 1. The summed E-state index contributed by atoms with van der Waals surface area (Å²) in [4.78, 5) is 35.9. The summed E-state index contributed by atoms with van der Waals surface area (Å²) in [5.41, 5.74) is 0.174. The van der Waals surface area contributed by atoms with Crippen LogP contribution in [0.2, 0.25) is 0 Å². The average molecular weight is 383 g/mol. The summed E-state index contributed by atoms with van der Waals surface area (Å²) in [6.07, 6.45) is 2.05. The molecule has 1 aliphatic heterocycles. The Morgan fingerprint density at radius 3 is 2.54 bits per heavy atom. The number of nitro benzene ring substituents is 1. The van der Waals surface area contributed by atoms with E-state index in [-0.39, 0.29) is 11.6 Å². The standard InChI is InChI=1S/C16H21N3O6S/c1-2-4-15(20)18-10-3-5-14(18)16(21)17-26(24,25)11-12-6-8-13(9-7-12)19(22)23/h6-9,14H,2-5,10-11H2,1H3,(H,17,21). The monoisotopic (exact) mass is 383 g/mol. The lowest BCUT2D eigenvalue weighted by atomic mass is 10.2. The van der Waals surface area contributed by atoms with Gasteiger partial charge in [-0.3, -0.25) is 24.4 Å². The van der Waals surface area contributed by atoms with E-state index in [9.17, 15) is 28.1 Å². The van der Waals surface area contributed by atoms with Crippen molar-refractivity contribution in [3.05, 3.63) is 39.9 Å². The van der Waals surface area contributed by atoms with Crippen molar-refractivity contribution in [2.75, 3.05) is 6.54 Å². The lowest BCUT2D eigenvalue weighted by Crippen LogP contribution is -2.47. The number of rotatable bonds is 7. The van der Waals surface area contributed by atoms with Crippen LogP contribution in [0.25, 0.3) is 0 Å². The Hall–Kier alpha value is -2.49. The minimum absolute atomic E-state index is 0.147. The molecule has 1 saturated heterocycles. The zero-order chi connectivity index (χ0) is 19.3. The van der Waals surface area contributed by atoms with Crippen LogP contribution in [0.15, 0.2) is 24.3 Å². The summed E-state index contributed by atoms with van der Waals surface area (Å²) in [5.74, 6) is -1.35. The Morgan fingerprint density at radius 1 is 1.31 bits per heavy atom. The number of non-ortho nitro benzene ring substituents is 1. The molecule has 1 fully saturated rings. The van der Waals surface area contributed by atoms with Crippen LogP contribution in [0.4, 0.5) is 5.69 Å². The molecule has 1 unspecified atom stereocenters. The second-order valence-electron chi connectivity index (χ2n) is 6.14. The van der Waals surface area contributed by atoms with Gasteiger partial charge in [0.25, 0.3) is 11.6 Å². The Morgan fingerprint density at radius 2 is 1.96 bits per heavy atom. The van der Waals surface area contributed by atoms with Crippen molar-refractivity contribution in [3.8, 4) is 0 Å². The SMILES string of the molecule is CCCC(=O)N1CCCC1C(=O)NS(=O)(=O)Cc1ccc([N+](=O)[O-])cc1. The van der Waals surface area contributed by atoms with E-state index < -0.39 is 32.6 Å². The third kappa shape index (κ3) is 5.01. The fourth-order valence-electron chi connectivity index (χ4n) is 2.89. The maximum atomic E-state index is 12.3. The highest BCUT2D eigenvalue weighted by atomic mass is 32.2. The Bertz CT molecular complexity index is 791. The first-order valence-electron chi connectivity index (χ1n) is 8.30. The molecule has 26 heavy (non-hydrogen) atoms. The number of hydrogen-bond donors (Lipinski definition) is 1. The molecule has 1 atom stereocenters. The second-order valence-corrected chi connectivity index (χ2v) is 7.87. The normalized spacial score (nSPS) is 17.1. The van der Waals surface area contributed by atoms with Gasteiger partial charge in [-0.05, 0) is 24.8 Å². The summed E-state index contributed by atoms with van der Waals surface area (Å²) in [6, 6.07) is 4.28. The number of carbonyl (C=O) groups is 2. The summed E-state index contributed by atoms with van der Waals surface area (Å²) < 4.78 is 26.5. The van der Waals surface area contributed by atoms with Crippen LogP contribution in [0.3, 0.4) is 0 Å². The van der Waals surface area contributed by atoms with Gasteiger partial charge in [0.05, 0.1) is 10.7 Å². The van der Waals surface area contributed by atoms with Gasteiger partial charge in [0.15, 0.2) is 0 Å². The molecule has 0 bridgehead atoms. The molecule has 10 heteroatoms. The maximum Gasteiger partial charge on any atom is 0.269 e. The predicted molar refractivity (Wildman–Crippen MR) is 93.5 cm³/mol. The van der Waals surface area contributed by atoms with Crippen LogP contribution in [-0.2, 0) is 25.4 Å². The quantitative estimate of drug-likeness (QED) is 0.559. The van der Waals surface area contributed by atoms with Crippen LogP contribution >= 0.6 is 0 Å². The highest BCUT2D eigenvalue weighted by molar-refractivity contribution is 7.89. The topological polar surface area (TPSA) is 127 Å². The van der Waals surface area contributed by atoms with Gasteiger partial charge in [0.2, 0.25) is 15.9 Å². The second kappa shape index (κ2) is 8.26. The maximum absolute atomic E-state index is 12.3. The number of nitrogens with one attached hydrogen (secondary N) is 1. The van der Waals surface area contributed by atoms with Gasteiger partial charge >= 0.3 is 0 Å². The van der Waals surface area contributed by atoms with Crippen LogP contribution in [-0.4, -0.2) is 42.6 Å². The average Bonchev–Trinajstić information content (AvgIpc) is 3.04. The van der Waals surface area contributed by atoms with E-state index >= 15 is 0 Å². The van der Waals surface area contributed by atoms with Crippen LogP contribution in [0, 0.1) is 10.1 Å². The van der Waals surface area contributed by atoms with E-state index in [1.54, 1.807) is 0 Å². The van der Waals surface area contributed by atoms with Crippen molar-refractivity contribution in [3.63, 3.8) is 0 Å². The molecule has 2 rings (SSSR count). The molecule has 0 radical (unpaired) electrons. The highest BCUT2D eigenvalue weighted by Gasteiger charge is 2.35. The van der Waals surface area contributed by atoms with Crippen LogP contribution < -0.4 is 4.72 Å². The molecule has 142 valence electrons. The zero-order valence-electron chi connectivity index (χ0n) is 14.4. The number of amides is 2. The van der Waals surface area contributed by atoms with Crippen molar-refractivity contribution in [1.82, 2.24) is 9.62 Å². The van der Waals surface area contributed by atoms with Gasteiger partial charge in [-0.25, -0.2) is 8.42 Å². The van der Waals surface area contributed by atoms with Gasteiger partial charge in [0.1, 0.15) is 6.04 Å². The molecule has 0 saturated carbocycles. The number of benzene rings is 1. The van der Waals surface area contributed by atoms with E-state index in [1.165, 1.54) is 29.2 Å². The minimum Gasteiger partial charge on any atom is -0.331 e. The number of hydrogen-bond acceptors (Lipinski definition) is 6. The van der Waals surface area contributed by atoms with Crippen molar-refractivity contribution in [2.24, 2.45) is 0 Å². The first-order valence-corrected chi connectivity index (χ1v) is 9.96. The van der Waals surface area contributed by atoms with E-state index in [4.69, 9.17) is 0 Å². The predicted octanol–water partition coefficient (Wildman–Crippen LogP) is 1.33. The summed E-state index contributed by atoms with van der Waals surface area (Å²) >= 11 is 0. The van der Waals surface area contributed by atoms with Crippen molar-refractivity contribution < 1.29 is 22.9 Å². The third-order valence-corrected chi connectivity index (χ3v) is 5.33. The van der Waals surface area contributed by atoms with Crippen molar-refractivity contribution in [1.29, 1.82) is 0 Å². The lowest BCUT2D eigenvalue weighted by molar-refractivity contribution is -0.384. The minimum atomic E-state index is -3.97. The molecule has 9 nitrogen and oxygen atoms in total. The van der Waals surface area contributed by atoms with Gasteiger partial charge in [0, 0.05) is 25.1 Å². The zero-order valence-corrected chi connectivity index (χ0v) is 15.2. The van der Waals surface area contributed by atoms with Crippen LogP contribution in [0.5, 0.6) is 0 Å². The molecule has 1 aromatic carbocycles. The lowest BCUT2D eigenvalue weighted by Gasteiger charge is -2.23. The van der Waals surface area contributed by atoms with E-state index in [0.717, 1.165) is 0 Å². The number of nitrogens with zero attached hydrogens (tertiary/aromatic N) is 2. The molecule has 0 aromatic heterocycles. The molecular weight excluding hydrogens is 362 g/mol. The number of sulfonamides is 1. The highest BCUT2D eigenvalue weighted by Crippen LogP contribution is 2.20. The molecule has 1 N–H and O–H groups in total. The van der Waals surface area contributed by atoms with Gasteiger partial charge in [-0.1, -0.05) is 19.1 Å². The Balaban J connectivity index is 2.02. The van der Waals surface area contributed by atoms with E-state index in [2.05, 4.69) is 0 Å². The molecule has 1 aliphatic rings. The largest absolute Gasteiger partial charge is 0.331 e. The molecule has 0 spiro atoms. The number of nitro groups is 1.